The number of hydrogen-bond acceptors (Lipinski definition) is 1. The van der Waals surface area contributed by atoms with Crippen molar-refractivity contribution in [3.05, 3.63) is 0 Å². The fraction of sp³-hybridized carbons (Fsp3) is 1.00. The summed E-state index contributed by atoms with van der Waals surface area (Å²) < 4.78 is 7.15. The van der Waals surface area contributed by atoms with E-state index < -0.39 is 0 Å². The van der Waals surface area contributed by atoms with E-state index in [2.05, 4.69) is 43.4 Å². The van der Waals surface area contributed by atoms with Crippen molar-refractivity contribution in [3.8, 4) is 0 Å². The van der Waals surface area contributed by atoms with Crippen molar-refractivity contribution in [1.29, 1.82) is 0 Å². The van der Waals surface area contributed by atoms with Crippen molar-refractivity contribution in [2.75, 3.05) is 4.43 Å². The standard InChI is InChI=1S/C10H19IO/c1-8(2)6-10(3)5-4-9(7-11)12-10/h8-9H,4-7H2,1-3H3. The number of hydrogen-bond donors (Lipinski definition) is 0. The van der Waals surface area contributed by atoms with E-state index in [-0.39, 0.29) is 5.60 Å². The number of rotatable bonds is 3. The first-order chi connectivity index (χ1) is 5.56. The lowest BCUT2D eigenvalue weighted by molar-refractivity contribution is -0.0306. The molecule has 12 heavy (non-hydrogen) atoms. The molecule has 1 rings (SSSR count). The van der Waals surface area contributed by atoms with Gasteiger partial charge in [-0.3, -0.25) is 0 Å². The second kappa shape index (κ2) is 4.27. The van der Waals surface area contributed by atoms with Crippen LogP contribution in [-0.4, -0.2) is 16.1 Å². The van der Waals surface area contributed by atoms with Crippen LogP contribution in [-0.2, 0) is 4.74 Å². The van der Waals surface area contributed by atoms with Gasteiger partial charge in [0, 0.05) is 4.43 Å². The van der Waals surface area contributed by atoms with Gasteiger partial charge in [-0.15, -0.1) is 0 Å². The molecule has 1 saturated heterocycles. The van der Waals surface area contributed by atoms with E-state index in [9.17, 15) is 0 Å². The van der Waals surface area contributed by atoms with Crippen molar-refractivity contribution < 1.29 is 4.74 Å². The van der Waals surface area contributed by atoms with Crippen LogP contribution in [0.1, 0.15) is 40.0 Å². The Bertz CT molecular complexity index is 147. The van der Waals surface area contributed by atoms with Crippen molar-refractivity contribution >= 4 is 22.6 Å². The van der Waals surface area contributed by atoms with E-state index >= 15 is 0 Å². The van der Waals surface area contributed by atoms with E-state index in [4.69, 9.17) is 4.74 Å². The SMILES string of the molecule is CC(C)CC1(C)CCC(CI)O1. The Balaban J connectivity index is 2.41. The summed E-state index contributed by atoms with van der Waals surface area (Å²) in [6.45, 7) is 6.80. The maximum atomic E-state index is 6.00. The molecule has 0 aromatic carbocycles. The minimum atomic E-state index is 0.185. The van der Waals surface area contributed by atoms with Gasteiger partial charge in [0.15, 0.2) is 0 Å². The van der Waals surface area contributed by atoms with Crippen molar-refractivity contribution in [3.63, 3.8) is 0 Å². The molecule has 1 heterocycles. The van der Waals surface area contributed by atoms with Crippen LogP contribution in [0, 0.1) is 5.92 Å². The quantitative estimate of drug-likeness (QED) is 0.569. The van der Waals surface area contributed by atoms with Crippen LogP contribution >= 0.6 is 22.6 Å². The lowest BCUT2D eigenvalue weighted by Gasteiger charge is -2.26. The van der Waals surface area contributed by atoms with Crippen molar-refractivity contribution in [2.24, 2.45) is 5.92 Å². The van der Waals surface area contributed by atoms with E-state index in [1.807, 2.05) is 0 Å². The third kappa shape index (κ3) is 2.87. The molecule has 2 heteroatoms. The summed E-state index contributed by atoms with van der Waals surface area (Å²) in [4.78, 5) is 0. The monoisotopic (exact) mass is 282 g/mol. The lowest BCUT2D eigenvalue weighted by Crippen LogP contribution is -2.27. The van der Waals surface area contributed by atoms with E-state index in [0.29, 0.717) is 6.10 Å². The molecule has 0 N–H and O–H groups in total. The molecular weight excluding hydrogens is 263 g/mol. The Morgan fingerprint density at radius 3 is 2.67 bits per heavy atom. The summed E-state index contributed by atoms with van der Waals surface area (Å²) >= 11 is 2.41. The zero-order chi connectivity index (χ0) is 9.19. The first-order valence-electron chi connectivity index (χ1n) is 4.79. The molecule has 0 amide bonds. The molecule has 0 aliphatic carbocycles. The molecule has 2 atom stereocenters. The van der Waals surface area contributed by atoms with Gasteiger partial charge in [0.1, 0.15) is 0 Å². The fourth-order valence-electron chi connectivity index (χ4n) is 2.11. The smallest absolute Gasteiger partial charge is 0.0672 e. The molecule has 1 aliphatic heterocycles. The largest absolute Gasteiger partial charge is 0.371 e. The third-order valence-electron chi connectivity index (χ3n) is 2.46. The Hall–Kier alpha value is 0.690. The van der Waals surface area contributed by atoms with E-state index in [1.165, 1.54) is 19.3 Å². The van der Waals surface area contributed by atoms with Gasteiger partial charge in [0.05, 0.1) is 11.7 Å². The molecule has 0 aromatic rings. The average Bonchev–Trinajstić information content (AvgIpc) is 2.30. The molecule has 1 nitrogen and oxygen atoms in total. The summed E-state index contributed by atoms with van der Waals surface area (Å²) in [6.07, 6.45) is 4.24. The minimum absolute atomic E-state index is 0.185. The van der Waals surface area contributed by atoms with Crippen molar-refractivity contribution in [2.45, 2.75) is 51.7 Å². The number of halogens is 1. The van der Waals surface area contributed by atoms with Crippen LogP contribution in [0.15, 0.2) is 0 Å². The highest BCUT2D eigenvalue weighted by Gasteiger charge is 2.35. The molecule has 72 valence electrons. The van der Waals surface area contributed by atoms with Gasteiger partial charge < -0.3 is 4.74 Å². The zero-order valence-corrected chi connectivity index (χ0v) is 10.4. The highest BCUT2D eigenvalue weighted by atomic mass is 127. The van der Waals surface area contributed by atoms with E-state index in [1.54, 1.807) is 0 Å². The maximum Gasteiger partial charge on any atom is 0.0672 e. The molecule has 0 bridgehead atoms. The summed E-state index contributed by atoms with van der Waals surface area (Å²) in [5.41, 5.74) is 0.185. The Kier molecular flexibility index (Phi) is 3.83. The molecule has 0 spiro atoms. The van der Waals surface area contributed by atoms with Gasteiger partial charge in [0.2, 0.25) is 0 Å². The first kappa shape index (κ1) is 10.8. The molecule has 0 radical (unpaired) electrons. The van der Waals surface area contributed by atoms with E-state index in [0.717, 1.165) is 10.3 Å². The summed E-state index contributed by atoms with van der Waals surface area (Å²) in [5.74, 6) is 0.753. The van der Waals surface area contributed by atoms with Gasteiger partial charge in [-0.2, -0.15) is 0 Å². The summed E-state index contributed by atoms with van der Waals surface area (Å²) in [5, 5.41) is 0. The number of alkyl halides is 1. The highest BCUT2D eigenvalue weighted by Crippen LogP contribution is 2.35. The maximum absolute atomic E-state index is 6.00. The van der Waals surface area contributed by atoms with Gasteiger partial charge in [-0.05, 0) is 32.1 Å². The molecule has 1 fully saturated rings. The van der Waals surface area contributed by atoms with Gasteiger partial charge in [-0.1, -0.05) is 36.4 Å². The van der Waals surface area contributed by atoms with Crippen LogP contribution in [0.5, 0.6) is 0 Å². The second-order valence-corrected chi connectivity index (χ2v) is 5.36. The molecule has 0 saturated carbocycles. The van der Waals surface area contributed by atoms with Crippen LogP contribution in [0.3, 0.4) is 0 Å². The van der Waals surface area contributed by atoms with Crippen LogP contribution in [0.2, 0.25) is 0 Å². The van der Waals surface area contributed by atoms with Gasteiger partial charge >= 0.3 is 0 Å². The Morgan fingerprint density at radius 2 is 2.25 bits per heavy atom. The third-order valence-corrected chi connectivity index (χ3v) is 3.44. The predicted molar refractivity (Wildman–Crippen MR) is 60.9 cm³/mol. The second-order valence-electron chi connectivity index (χ2n) is 4.48. The number of ether oxygens (including phenoxy) is 1. The Morgan fingerprint density at radius 1 is 1.58 bits per heavy atom. The first-order valence-corrected chi connectivity index (χ1v) is 6.32. The molecular formula is C10H19IO. The molecule has 0 aromatic heterocycles. The topological polar surface area (TPSA) is 9.23 Å². The highest BCUT2D eigenvalue weighted by molar-refractivity contribution is 14.1. The average molecular weight is 282 g/mol. The summed E-state index contributed by atoms with van der Waals surface area (Å²) in [6, 6.07) is 0. The lowest BCUT2D eigenvalue weighted by atomic mass is 9.92. The van der Waals surface area contributed by atoms with Crippen molar-refractivity contribution in [1.82, 2.24) is 0 Å². The van der Waals surface area contributed by atoms with Crippen LogP contribution in [0.4, 0.5) is 0 Å². The van der Waals surface area contributed by atoms with Gasteiger partial charge in [0.25, 0.3) is 0 Å². The van der Waals surface area contributed by atoms with Crippen LogP contribution in [0.25, 0.3) is 0 Å². The fourth-order valence-corrected chi connectivity index (χ4v) is 2.73. The normalized spacial score (nSPS) is 36.2. The van der Waals surface area contributed by atoms with Crippen LogP contribution < -0.4 is 0 Å². The predicted octanol–water partition coefficient (Wildman–Crippen LogP) is 3.41. The molecule has 1 aliphatic rings. The molecule has 2 unspecified atom stereocenters. The van der Waals surface area contributed by atoms with Gasteiger partial charge in [-0.25, -0.2) is 0 Å². The minimum Gasteiger partial charge on any atom is -0.371 e. The Labute approximate surface area is 89.4 Å². The summed E-state index contributed by atoms with van der Waals surface area (Å²) in [7, 11) is 0. The zero-order valence-electron chi connectivity index (χ0n) is 8.27.